The Morgan fingerprint density at radius 1 is 1.16 bits per heavy atom. The fourth-order valence-corrected chi connectivity index (χ4v) is 2.50. The quantitative estimate of drug-likeness (QED) is 0.727. The predicted octanol–water partition coefficient (Wildman–Crippen LogP) is 4.26. The van der Waals surface area contributed by atoms with E-state index in [1.807, 2.05) is 13.8 Å². The molecule has 0 heterocycles. The number of halogens is 2. The number of hydrogen-bond acceptors (Lipinski definition) is 3. The van der Waals surface area contributed by atoms with Gasteiger partial charge in [-0.15, -0.1) is 0 Å². The molecule has 5 nitrogen and oxygen atoms in total. The average Bonchev–Trinajstić information content (AvgIpc) is 2.54. The van der Waals surface area contributed by atoms with Gasteiger partial charge < -0.3 is 15.4 Å². The molecule has 0 spiro atoms. The summed E-state index contributed by atoms with van der Waals surface area (Å²) >= 11 is 9.15. The molecule has 0 bridgehead atoms. The molecule has 0 fully saturated rings. The van der Waals surface area contributed by atoms with Gasteiger partial charge in [-0.3, -0.25) is 9.59 Å². The summed E-state index contributed by atoms with van der Waals surface area (Å²) in [6.07, 6.45) is -0.0750. The molecule has 0 atom stereocenters. The Bertz CT molecular complexity index is 763. The van der Waals surface area contributed by atoms with E-state index >= 15 is 0 Å². The lowest BCUT2D eigenvalue weighted by atomic mass is 10.2. The zero-order valence-electron chi connectivity index (χ0n) is 13.8. The molecule has 25 heavy (non-hydrogen) atoms. The third-order valence-corrected chi connectivity index (χ3v) is 3.83. The van der Waals surface area contributed by atoms with Crippen molar-refractivity contribution in [2.75, 3.05) is 11.9 Å². The van der Waals surface area contributed by atoms with Gasteiger partial charge in [-0.2, -0.15) is 0 Å². The number of amides is 2. The van der Waals surface area contributed by atoms with E-state index in [0.717, 1.165) is 4.47 Å². The second-order valence-electron chi connectivity index (χ2n) is 5.54. The van der Waals surface area contributed by atoms with E-state index in [9.17, 15) is 9.59 Å². The maximum Gasteiger partial charge on any atom is 0.255 e. The van der Waals surface area contributed by atoms with Crippen molar-refractivity contribution in [3.63, 3.8) is 0 Å². The first kappa shape index (κ1) is 19.3. The molecule has 2 aromatic rings. The second kappa shape index (κ2) is 8.87. The van der Waals surface area contributed by atoms with E-state index in [2.05, 4.69) is 26.6 Å². The van der Waals surface area contributed by atoms with Gasteiger partial charge in [-0.1, -0.05) is 27.5 Å². The fraction of sp³-hybridized carbons (Fsp3) is 0.222. The highest BCUT2D eigenvalue weighted by molar-refractivity contribution is 9.10. The third-order valence-electron chi connectivity index (χ3n) is 3.09. The van der Waals surface area contributed by atoms with Crippen molar-refractivity contribution in [1.82, 2.24) is 5.32 Å². The molecule has 2 aromatic carbocycles. The SMILES string of the molecule is CC(C)Oc1cc(Br)ccc1C(=O)NCC(=O)Nc1ccc(Cl)cc1. The standard InChI is InChI=1S/C18H18BrClN2O3/c1-11(2)25-16-9-12(19)3-8-15(16)18(24)21-10-17(23)22-14-6-4-13(20)5-7-14/h3-9,11H,10H2,1-2H3,(H,21,24)(H,22,23). The topological polar surface area (TPSA) is 67.4 Å². The number of benzene rings is 2. The number of hydrogen-bond donors (Lipinski definition) is 2. The van der Waals surface area contributed by atoms with Crippen molar-refractivity contribution in [3.8, 4) is 5.75 Å². The molecule has 0 aliphatic rings. The van der Waals surface area contributed by atoms with Crippen LogP contribution < -0.4 is 15.4 Å². The summed E-state index contributed by atoms with van der Waals surface area (Å²) in [5.74, 6) is -0.256. The van der Waals surface area contributed by atoms with Gasteiger partial charge in [0, 0.05) is 15.2 Å². The lowest BCUT2D eigenvalue weighted by Crippen LogP contribution is -2.33. The summed E-state index contributed by atoms with van der Waals surface area (Å²) < 4.78 is 6.46. The van der Waals surface area contributed by atoms with Gasteiger partial charge in [0.15, 0.2) is 0 Å². The van der Waals surface area contributed by atoms with Crippen molar-refractivity contribution in [3.05, 3.63) is 57.5 Å². The van der Waals surface area contributed by atoms with Gasteiger partial charge in [0.2, 0.25) is 5.91 Å². The largest absolute Gasteiger partial charge is 0.490 e. The molecule has 0 radical (unpaired) electrons. The van der Waals surface area contributed by atoms with Crippen molar-refractivity contribution in [1.29, 1.82) is 0 Å². The second-order valence-corrected chi connectivity index (χ2v) is 6.90. The van der Waals surface area contributed by atoms with Crippen LogP contribution in [0.5, 0.6) is 5.75 Å². The van der Waals surface area contributed by atoms with E-state index in [0.29, 0.717) is 22.0 Å². The first-order chi connectivity index (χ1) is 11.8. The molecule has 0 saturated heterocycles. The van der Waals surface area contributed by atoms with Crippen LogP contribution >= 0.6 is 27.5 Å². The molecule has 0 aliphatic heterocycles. The average molecular weight is 426 g/mol. The molecule has 0 unspecified atom stereocenters. The number of nitrogens with one attached hydrogen (secondary N) is 2. The molecule has 0 aliphatic carbocycles. The summed E-state index contributed by atoms with van der Waals surface area (Å²) in [5.41, 5.74) is 0.979. The Kier molecular flexibility index (Phi) is 6.84. The fourth-order valence-electron chi connectivity index (χ4n) is 2.03. The van der Waals surface area contributed by atoms with E-state index in [-0.39, 0.29) is 24.5 Å². The molecule has 2 rings (SSSR count). The molecule has 132 valence electrons. The number of rotatable bonds is 6. The molecule has 2 amide bonds. The minimum atomic E-state index is -0.380. The lowest BCUT2D eigenvalue weighted by molar-refractivity contribution is -0.115. The van der Waals surface area contributed by atoms with E-state index in [4.69, 9.17) is 16.3 Å². The maximum atomic E-state index is 12.4. The number of carbonyl (C=O) groups is 2. The Morgan fingerprint density at radius 3 is 2.48 bits per heavy atom. The molecule has 0 aromatic heterocycles. The molecular weight excluding hydrogens is 408 g/mol. The van der Waals surface area contributed by atoms with Crippen LogP contribution in [-0.2, 0) is 4.79 Å². The Morgan fingerprint density at radius 2 is 1.84 bits per heavy atom. The molecule has 2 N–H and O–H groups in total. The smallest absolute Gasteiger partial charge is 0.255 e. The predicted molar refractivity (Wildman–Crippen MR) is 102 cm³/mol. The van der Waals surface area contributed by atoms with Crippen LogP contribution in [0.3, 0.4) is 0 Å². The van der Waals surface area contributed by atoms with Crippen molar-refractivity contribution < 1.29 is 14.3 Å². The lowest BCUT2D eigenvalue weighted by Gasteiger charge is -2.14. The zero-order valence-corrected chi connectivity index (χ0v) is 16.1. The van der Waals surface area contributed by atoms with Gasteiger partial charge in [0.25, 0.3) is 5.91 Å². The number of anilines is 1. The highest BCUT2D eigenvalue weighted by atomic mass is 79.9. The van der Waals surface area contributed by atoms with Crippen molar-refractivity contribution >= 4 is 45.0 Å². The Labute approximate surface area is 159 Å². The third kappa shape index (κ3) is 6.07. The van der Waals surface area contributed by atoms with Gasteiger partial charge in [-0.25, -0.2) is 0 Å². The van der Waals surface area contributed by atoms with Crippen LogP contribution in [-0.4, -0.2) is 24.5 Å². The monoisotopic (exact) mass is 424 g/mol. The highest BCUT2D eigenvalue weighted by Crippen LogP contribution is 2.24. The van der Waals surface area contributed by atoms with Crippen LogP contribution in [0.25, 0.3) is 0 Å². The number of carbonyl (C=O) groups excluding carboxylic acids is 2. The molecule has 7 heteroatoms. The summed E-state index contributed by atoms with van der Waals surface area (Å²) in [4.78, 5) is 24.3. The van der Waals surface area contributed by atoms with Gasteiger partial charge in [0.1, 0.15) is 5.75 Å². The van der Waals surface area contributed by atoms with E-state index in [1.165, 1.54) is 0 Å². The van der Waals surface area contributed by atoms with Gasteiger partial charge in [-0.05, 0) is 56.3 Å². The summed E-state index contributed by atoms with van der Waals surface area (Å²) in [6.45, 7) is 3.60. The van der Waals surface area contributed by atoms with Crippen LogP contribution in [0.15, 0.2) is 46.9 Å². The highest BCUT2D eigenvalue weighted by Gasteiger charge is 2.15. The maximum absolute atomic E-state index is 12.4. The van der Waals surface area contributed by atoms with Gasteiger partial charge in [0.05, 0.1) is 18.2 Å². The minimum absolute atomic E-state index is 0.0750. The van der Waals surface area contributed by atoms with Crippen molar-refractivity contribution in [2.45, 2.75) is 20.0 Å². The number of ether oxygens (including phenoxy) is 1. The van der Waals surface area contributed by atoms with Crippen LogP contribution in [0.4, 0.5) is 5.69 Å². The summed E-state index contributed by atoms with van der Waals surface area (Å²) in [5, 5.41) is 5.85. The zero-order chi connectivity index (χ0) is 18.4. The minimum Gasteiger partial charge on any atom is -0.490 e. The molecular formula is C18H18BrClN2O3. The summed E-state index contributed by atoms with van der Waals surface area (Å²) in [6, 6.07) is 11.8. The van der Waals surface area contributed by atoms with Crippen molar-refractivity contribution in [2.24, 2.45) is 0 Å². The molecule has 0 saturated carbocycles. The van der Waals surface area contributed by atoms with Crippen LogP contribution in [0.2, 0.25) is 5.02 Å². The first-order valence-corrected chi connectivity index (χ1v) is 8.82. The first-order valence-electron chi connectivity index (χ1n) is 7.65. The van der Waals surface area contributed by atoms with E-state index in [1.54, 1.807) is 42.5 Å². The summed E-state index contributed by atoms with van der Waals surface area (Å²) in [7, 11) is 0. The van der Waals surface area contributed by atoms with Crippen LogP contribution in [0, 0.1) is 0 Å². The van der Waals surface area contributed by atoms with Gasteiger partial charge >= 0.3 is 0 Å². The van der Waals surface area contributed by atoms with E-state index < -0.39 is 0 Å². The Balaban J connectivity index is 1.97. The normalized spacial score (nSPS) is 10.4. The Hall–Kier alpha value is -2.05. The van der Waals surface area contributed by atoms with Crippen LogP contribution in [0.1, 0.15) is 24.2 Å².